The zero-order valence-corrected chi connectivity index (χ0v) is 15.4. The van der Waals surface area contributed by atoms with Crippen LogP contribution in [-0.4, -0.2) is 40.7 Å². The molecule has 0 spiro atoms. The number of hydrogen-bond donors (Lipinski definition) is 1. The van der Waals surface area contributed by atoms with E-state index in [2.05, 4.69) is 22.6 Å². The van der Waals surface area contributed by atoms with Crippen LogP contribution in [0.1, 0.15) is 46.2 Å². The fraction of sp³-hybridized carbons (Fsp3) is 0.733. The number of amides is 1. The van der Waals surface area contributed by atoms with Crippen LogP contribution >= 0.6 is 23.7 Å². The predicted molar refractivity (Wildman–Crippen MR) is 93.2 cm³/mol. The van der Waals surface area contributed by atoms with Gasteiger partial charge in [0, 0.05) is 24.5 Å². The van der Waals surface area contributed by atoms with E-state index in [9.17, 15) is 4.79 Å². The van der Waals surface area contributed by atoms with E-state index >= 15 is 0 Å². The Balaban J connectivity index is 0.00000242. The standard InChI is InChI=1S/C15H25N3O2S.ClH/c1-5-11-10-21-13(16-11)17-12-6-8-18(9-7-12)14(19)20-15(2,3)4;/h10,12H,5-9H2,1-4H3,(H,16,17);1H. The second-order valence-corrected chi connectivity index (χ2v) is 7.24. The molecule has 0 bridgehead atoms. The number of ether oxygens (including phenoxy) is 1. The summed E-state index contributed by atoms with van der Waals surface area (Å²) >= 11 is 1.66. The zero-order chi connectivity index (χ0) is 15.5. The summed E-state index contributed by atoms with van der Waals surface area (Å²) in [6.07, 6.45) is 2.62. The van der Waals surface area contributed by atoms with E-state index in [1.165, 1.54) is 0 Å². The third-order valence-corrected chi connectivity index (χ3v) is 4.21. The summed E-state index contributed by atoms with van der Waals surface area (Å²) in [6, 6.07) is 0.388. The Labute approximate surface area is 142 Å². The van der Waals surface area contributed by atoms with Gasteiger partial charge in [0.25, 0.3) is 0 Å². The van der Waals surface area contributed by atoms with Gasteiger partial charge in [0.2, 0.25) is 0 Å². The maximum Gasteiger partial charge on any atom is 0.410 e. The first-order chi connectivity index (χ1) is 9.87. The van der Waals surface area contributed by atoms with E-state index in [1.807, 2.05) is 20.8 Å². The molecule has 0 aromatic carbocycles. The number of halogens is 1. The third kappa shape index (κ3) is 5.65. The maximum absolute atomic E-state index is 12.0. The largest absolute Gasteiger partial charge is 0.444 e. The first kappa shape index (κ1) is 19.0. The molecule has 1 aromatic rings. The smallest absolute Gasteiger partial charge is 0.410 e. The number of carbonyl (C=O) groups excluding carboxylic acids is 1. The fourth-order valence-electron chi connectivity index (χ4n) is 2.24. The van der Waals surface area contributed by atoms with E-state index in [-0.39, 0.29) is 18.5 Å². The van der Waals surface area contributed by atoms with Crippen LogP contribution in [0.4, 0.5) is 9.93 Å². The molecule has 1 N–H and O–H groups in total. The van der Waals surface area contributed by atoms with Gasteiger partial charge in [-0.2, -0.15) is 0 Å². The van der Waals surface area contributed by atoms with Crippen LogP contribution in [0.25, 0.3) is 0 Å². The normalized spacial score (nSPS) is 16.1. The molecule has 1 aliphatic rings. The molecular weight excluding hydrogens is 322 g/mol. The monoisotopic (exact) mass is 347 g/mol. The number of piperidine rings is 1. The summed E-state index contributed by atoms with van der Waals surface area (Å²) in [4.78, 5) is 18.3. The lowest BCUT2D eigenvalue weighted by atomic mass is 10.1. The van der Waals surface area contributed by atoms with Crippen molar-refractivity contribution in [2.24, 2.45) is 0 Å². The summed E-state index contributed by atoms with van der Waals surface area (Å²) in [5, 5.41) is 6.56. The lowest BCUT2D eigenvalue weighted by molar-refractivity contribution is 0.0210. The van der Waals surface area contributed by atoms with Crippen molar-refractivity contribution in [1.82, 2.24) is 9.88 Å². The molecule has 1 fully saturated rings. The lowest BCUT2D eigenvalue weighted by Crippen LogP contribution is -2.44. The van der Waals surface area contributed by atoms with Crippen molar-refractivity contribution in [1.29, 1.82) is 0 Å². The van der Waals surface area contributed by atoms with Crippen LogP contribution in [0, 0.1) is 0 Å². The van der Waals surface area contributed by atoms with Crippen molar-refractivity contribution >= 4 is 35.0 Å². The van der Waals surface area contributed by atoms with E-state index in [0.29, 0.717) is 6.04 Å². The summed E-state index contributed by atoms with van der Waals surface area (Å²) in [7, 11) is 0. The van der Waals surface area contributed by atoms with Crippen molar-refractivity contribution in [3.8, 4) is 0 Å². The van der Waals surface area contributed by atoms with Crippen molar-refractivity contribution in [3.05, 3.63) is 11.1 Å². The third-order valence-electron chi connectivity index (χ3n) is 3.39. The second kappa shape index (κ2) is 8.02. The molecule has 2 heterocycles. The van der Waals surface area contributed by atoms with Crippen LogP contribution in [0.15, 0.2) is 5.38 Å². The number of thiazole rings is 1. The lowest BCUT2D eigenvalue weighted by Gasteiger charge is -2.33. The quantitative estimate of drug-likeness (QED) is 0.899. The van der Waals surface area contributed by atoms with Crippen LogP contribution in [-0.2, 0) is 11.2 Å². The molecule has 2 rings (SSSR count). The highest BCUT2D eigenvalue weighted by atomic mass is 35.5. The molecule has 0 atom stereocenters. The molecule has 1 amide bonds. The summed E-state index contributed by atoms with van der Waals surface area (Å²) < 4.78 is 5.40. The Kier molecular flexibility index (Phi) is 6.94. The molecular formula is C15H26ClN3O2S. The van der Waals surface area contributed by atoms with Gasteiger partial charge in [0.1, 0.15) is 5.60 Å². The predicted octanol–water partition coefficient (Wildman–Crippen LogP) is 3.94. The fourth-order valence-corrected chi connectivity index (χ4v) is 3.11. The molecule has 0 saturated carbocycles. The van der Waals surface area contributed by atoms with Gasteiger partial charge in [-0.15, -0.1) is 23.7 Å². The van der Waals surface area contributed by atoms with Gasteiger partial charge in [-0.3, -0.25) is 0 Å². The van der Waals surface area contributed by atoms with Crippen molar-refractivity contribution < 1.29 is 9.53 Å². The second-order valence-electron chi connectivity index (χ2n) is 6.38. The molecule has 22 heavy (non-hydrogen) atoms. The van der Waals surface area contributed by atoms with E-state index in [0.717, 1.165) is 43.2 Å². The number of aromatic nitrogens is 1. The van der Waals surface area contributed by atoms with Gasteiger partial charge in [-0.1, -0.05) is 6.92 Å². The van der Waals surface area contributed by atoms with Crippen molar-refractivity contribution in [2.75, 3.05) is 18.4 Å². The molecule has 5 nitrogen and oxygen atoms in total. The molecule has 0 unspecified atom stereocenters. The number of likely N-dealkylation sites (tertiary alicyclic amines) is 1. The minimum Gasteiger partial charge on any atom is -0.444 e. The van der Waals surface area contributed by atoms with E-state index in [4.69, 9.17) is 4.74 Å². The molecule has 1 aliphatic heterocycles. The molecule has 126 valence electrons. The maximum atomic E-state index is 12.0. The van der Waals surface area contributed by atoms with Crippen LogP contribution in [0.2, 0.25) is 0 Å². The van der Waals surface area contributed by atoms with Crippen molar-refractivity contribution in [3.63, 3.8) is 0 Å². The number of carbonyl (C=O) groups is 1. The molecule has 0 aliphatic carbocycles. The number of nitrogens with zero attached hydrogens (tertiary/aromatic N) is 2. The zero-order valence-electron chi connectivity index (χ0n) is 13.7. The number of nitrogens with one attached hydrogen (secondary N) is 1. The average molecular weight is 348 g/mol. The molecule has 1 aromatic heterocycles. The van der Waals surface area contributed by atoms with Gasteiger partial charge < -0.3 is 15.0 Å². The minimum atomic E-state index is -0.427. The highest BCUT2D eigenvalue weighted by molar-refractivity contribution is 7.13. The number of rotatable bonds is 3. The van der Waals surface area contributed by atoms with Gasteiger partial charge in [0.15, 0.2) is 5.13 Å². The Bertz CT molecular complexity index is 479. The Morgan fingerprint density at radius 2 is 2.09 bits per heavy atom. The van der Waals surface area contributed by atoms with Gasteiger partial charge in [-0.25, -0.2) is 9.78 Å². The van der Waals surface area contributed by atoms with Gasteiger partial charge >= 0.3 is 6.09 Å². The van der Waals surface area contributed by atoms with Crippen LogP contribution in [0.5, 0.6) is 0 Å². The molecule has 0 radical (unpaired) electrons. The minimum absolute atomic E-state index is 0. The number of aryl methyl sites for hydroxylation is 1. The van der Waals surface area contributed by atoms with E-state index < -0.39 is 5.60 Å². The Hall–Kier alpha value is -1.01. The SMILES string of the molecule is CCc1csc(NC2CCN(C(=O)OC(C)(C)C)CC2)n1.Cl. The first-order valence-corrected chi connectivity index (χ1v) is 8.44. The highest BCUT2D eigenvalue weighted by Gasteiger charge is 2.27. The van der Waals surface area contributed by atoms with Crippen LogP contribution < -0.4 is 5.32 Å². The van der Waals surface area contributed by atoms with Crippen molar-refractivity contribution in [2.45, 2.75) is 58.6 Å². The summed E-state index contributed by atoms with van der Waals surface area (Å²) in [5.74, 6) is 0. The average Bonchev–Trinajstić information content (AvgIpc) is 2.85. The van der Waals surface area contributed by atoms with Crippen LogP contribution in [0.3, 0.4) is 0 Å². The van der Waals surface area contributed by atoms with E-state index in [1.54, 1.807) is 16.2 Å². The number of hydrogen-bond acceptors (Lipinski definition) is 5. The number of anilines is 1. The summed E-state index contributed by atoms with van der Waals surface area (Å²) in [6.45, 7) is 9.27. The van der Waals surface area contributed by atoms with Gasteiger partial charge in [-0.05, 0) is 40.0 Å². The topological polar surface area (TPSA) is 54.5 Å². The molecule has 1 saturated heterocycles. The Morgan fingerprint density at radius 3 is 2.59 bits per heavy atom. The summed E-state index contributed by atoms with van der Waals surface area (Å²) in [5.41, 5.74) is 0.706. The Morgan fingerprint density at radius 1 is 1.45 bits per heavy atom. The molecule has 7 heteroatoms. The highest BCUT2D eigenvalue weighted by Crippen LogP contribution is 2.21. The van der Waals surface area contributed by atoms with Gasteiger partial charge in [0.05, 0.1) is 5.69 Å². The first-order valence-electron chi connectivity index (χ1n) is 7.56.